The van der Waals surface area contributed by atoms with Crippen LogP contribution >= 0.6 is 0 Å². The van der Waals surface area contributed by atoms with Crippen molar-refractivity contribution in [3.05, 3.63) is 11.4 Å². The van der Waals surface area contributed by atoms with E-state index in [9.17, 15) is 0 Å². The number of nitrogens with zero attached hydrogens (tertiary/aromatic N) is 4. The van der Waals surface area contributed by atoms with Crippen LogP contribution in [0.25, 0.3) is 11.2 Å². The molecule has 118 valence electrons. The van der Waals surface area contributed by atoms with Crippen LogP contribution < -0.4 is 11.5 Å². The average molecular weight is 300 g/mol. The molecule has 0 unspecified atom stereocenters. The minimum absolute atomic E-state index is 0.160. The zero-order valence-corrected chi connectivity index (χ0v) is 13.0. The van der Waals surface area contributed by atoms with Gasteiger partial charge in [0.1, 0.15) is 0 Å². The van der Waals surface area contributed by atoms with Crippen LogP contribution in [0, 0.1) is 0 Å². The van der Waals surface area contributed by atoms with Crippen LogP contribution in [-0.2, 0) is 12.8 Å². The Morgan fingerprint density at radius 1 is 0.591 bits per heavy atom. The number of hydrogen-bond acceptors (Lipinski definition) is 6. The number of anilines is 2. The fraction of sp³-hybridized carbons (Fsp3) is 0.625. The first-order valence-corrected chi connectivity index (χ1v) is 8.32. The molecule has 1 aliphatic rings. The molecule has 2 aromatic heterocycles. The lowest BCUT2D eigenvalue weighted by atomic mass is 10.0. The van der Waals surface area contributed by atoms with Gasteiger partial charge in [-0.2, -0.15) is 9.97 Å². The molecule has 0 radical (unpaired) electrons. The Morgan fingerprint density at radius 3 is 1.77 bits per heavy atom. The normalized spacial score (nSPS) is 17.5. The lowest BCUT2D eigenvalue weighted by Crippen LogP contribution is -2.09. The molecule has 0 amide bonds. The summed E-state index contributed by atoms with van der Waals surface area (Å²) < 4.78 is 0. The first kappa shape index (κ1) is 14.9. The van der Waals surface area contributed by atoms with E-state index in [2.05, 4.69) is 9.97 Å². The molecule has 0 aromatic carbocycles. The first-order valence-electron chi connectivity index (χ1n) is 8.32. The van der Waals surface area contributed by atoms with Gasteiger partial charge in [0.2, 0.25) is 5.95 Å². The van der Waals surface area contributed by atoms with Crippen LogP contribution in [0.15, 0.2) is 0 Å². The highest BCUT2D eigenvalue weighted by Gasteiger charge is 2.13. The molecule has 4 N–H and O–H groups in total. The second-order valence-corrected chi connectivity index (χ2v) is 6.08. The van der Waals surface area contributed by atoms with E-state index in [-0.39, 0.29) is 5.95 Å². The number of nitrogens with two attached hydrogens (primary N) is 2. The zero-order valence-electron chi connectivity index (χ0n) is 13.0. The monoisotopic (exact) mass is 300 g/mol. The third kappa shape index (κ3) is 3.43. The van der Waals surface area contributed by atoms with Crippen LogP contribution in [-0.4, -0.2) is 19.9 Å². The van der Waals surface area contributed by atoms with Gasteiger partial charge in [0, 0.05) is 0 Å². The molecule has 3 rings (SSSR count). The molecule has 6 nitrogen and oxygen atoms in total. The van der Waals surface area contributed by atoms with Gasteiger partial charge in [-0.1, -0.05) is 38.5 Å². The molecule has 0 fully saturated rings. The molecule has 0 spiro atoms. The summed E-state index contributed by atoms with van der Waals surface area (Å²) in [6.07, 6.45) is 12.1. The molecular weight excluding hydrogens is 276 g/mol. The number of fused-ring (bicyclic) bond motifs is 2. The Bertz CT molecular complexity index is 655. The molecule has 0 aliphatic heterocycles. The Balaban J connectivity index is 1.96. The van der Waals surface area contributed by atoms with Gasteiger partial charge in [0.05, 0.1) is 11.4 Å². The smallest absolute Gasteiger partial charge is 0.224 e. The quantitative estimate of drug-likeness (QED) is 0.775. The van der Waals surface area contributed by atoms with Crippen molar-refractivity contribution in [1.29, 1.82) is 0 Å². The molecular formula is C16H24N6. The number of aryl methyl sites for hydroxylation is 2. The van der Waals surface area contributed by atoms with Gasteiger partial charge >= 0.3 is 0 Å². The molecule has 6 heteroatoms. The Morgan fingerprint density at radius 2 is 1.14 bits per heavy atom. The van der Waals surface area contributed by atoms with E-state index in [1.54, 1.807) is 0 Å². The molecule has 1 aliphatic carbocycles. The fourth-order valence-electron chi connectivity index (χ4n) is 3.10. The molecule has 0 saturated carbocycles. The second kappa shape index (κ2) is 6.85. The minimum atomic E-state index is 0.160. The summed E-state index contributed by atoms with van der Waals surface area (Å²) in [6.45, 7) is 0. The van der Waals surface area contributed by atoms with Crippen LogP contribution in [0.1, 0.15) is 62.8 Å². The summed E-state index contributed by atoms with van der Waals surface area (Å²) in [7, 11) is 0. The maximum Gasteiger partial charge on any atom is 0.224 e. The Kier molecular flexibility index (Phi) is 4.65. The van der Waals surface area contributed by atoms with E-state index in [0.717, 1.165) is 37.1 Å². The second-order valence-electron chi connectivity index (χ2n) is 6.08. The van der Waals surface area contributed by atoms with E-state index < -0.39 is 0 Å². The molecule has 0 atom stereocenters. The number of rotatable bonds is 0. The highest BCUT2D eigenvalue weighted by atomic mass is 15.1. The summed E-state index contributed by atoms with van der Waals surface area (Å²) in [5.74, 6) is 0.483. The maximum atomic E-state index is 5.93. The highest BCUT2D eigenvalue weighted by molar-refractivity contribution is 5.82. The van der Waals surface area contributed by atoms with Crippen molar-refractivity contribution in [2.75, 3.05) is 11.5 Å². The average Bonchev–Trinajstić information content (AvgIpc) is 2.47. The molecule has 2 aromatic rings. The summed E-state index contributed by atoms with van der Waals surface area (Å²) >= 11 is 0. The van der Waals surface area contributed by atoms with E-state index in [4.69, 9.17) is 21.4 Å². The van der Waals surface area contributed by atoms with Crippen LogP contribution in [0.3, 0.4) is 0 Å². The third-order valence-corrected chi connectivity index (χ3v) is 4.31. The molecule has 22 heavy (non-hydrogen) atoms. The van der Waals surface area contributed by atoms with Gasteiger partial charge in [-0.25, -0.2) is 9.97 Å². The van der Waals surface area contributed by atoms with Crippen LogP contribution in [0.2, 0.25) is 0 Å². The summed E-state index contributed by atoms with van der Waals surface area (Å²) in [5.41, 5.74) is 14.8. The summed E-state index contributed by atoms with van der Waals surface area (Å²) in [4.78, 5) is 17.6. The van der Waals surface area contributed by atoms with Gasteiger partial charge in [-0.05, 0) is 25.7 Å². The predicted molar refractivity (Wildman–Crippen MR) is 88.3 cm³/mol. The Hall–Kier alpha value is -1.98. The van der Waals surface area contributed by atoms with Crippen molar-refractivity contribution in [3.8, 4) is 0 Å². The first-order chi connectivity index (χ1) is 10.7. The van der Waals surface area contributed by atoms with Crippen molar-refractivity contribution in [1.82, 2.24) is 19.9 Å². The SMILES string of the molecule is Nc1nc(N)c2nc3c(nc2n1)CCCCCCCCCC3. The number of hydrogen-bond donors (Lipinski definition) is 2. The number of nitrogen functional groups attached to an aromatic ring is 2. The number of aromatic nitrogens is 4. The van der Waals surface area contributed by atoms with Crippen molar-refractivity contribution in [2.45, 2.75) is 64.2 Å². The predicted octanol–water partition coefficient (Wildman–Crippen LogP) is 2.80. The molecule has 0 saturated heterocycles. The van der Waals surface area contributed by atoms with Gasteiger partial charge in [0.25, 0.3) is 0 Å². The van der Waals surface area contributed by atoms with Crippen molar-refractivity contribution in [2.24, 2.45) is 0 Å². The largest absolute Gasteiger partial charge is 0.382 e. The van der Waals surface area contributed by atoms with E-state index in [1.807, 2.05) is 0 Å². The lowest BCUT2D eigenvalue weighted by molar-refractivity contribution is 0.554. The lowest BCUT2D eigenvalue weighted by Gasteiger charge is -2.12. The fourth-order valence-corrected chi connectivity index (χ4v) is 3.10. The summed E-state index contributed by atoms with van der Waals surface area (Å²) in [5, 5.41) is 0. The van der Waals surface area contributed by atoms with E-state index in [1.165, 1.54) is 38.5 Å². The van der Waals surface area contributed by atoms with Gasteiger partial charge in [0.15, 0.2) is 17.0 Å². The van der Waals surface area contributed by atoms with Crippen molar-refractivity contribution in [3.63, 3.8) is 0 Å². The minimum Gasteiger partial charge on any atom is -0.382 e. The highest BCUT2D eigenvalue weighted by Crippen LogP contribution is 2.21. The molecule has 0 bridgehead atoms. The van der Waals surface area contributed by atoms with Gasteiger partial charge in [-0.15, -0.1) is 0 Å². The maximum absolute atomic E-state index is 5.93. The summed E-state index contributed by atoms with van der Waals surface area (Å²) in [6, 6.07) is 0. The Labute approximate surface area is 130 Å². The van der Waals surface area contributed by atoms with Crippen LogP contribution in [0.5, 0.6) is 0 Å². The van der Waals surface area contributed by atoms with Crippen molar-refractivity contribution >= 4 is 22.9 Å². The van der Waals surface area contributed by atoms with E-state index in [0.29, 0.717) is 17.0 Å². The van der Waals surface area contributed by atoms with Crippen molar-refractivity contribution < 1.29 is 0 Å². The van der Waals surface area contributed by atoms with Gasteiger partial charge in [-0.3, -0.25) is 0 Å². The zero-order chi connectivity index (χ0) is 15.4. The third-order valence-electron chi connectivity index (χ3n) is 4.31. The van der Waals surface area contributed by atoms with Gasteiger partial charge < -0.3 is 11.5 Å². The topological polar surface area (TPSA) is 104 Å². The van der Waals surface area contributed by atoms with E-state index >= 15 is 0 Å². The van der Waals surface area contributed by atoms with Crippen LogP contribution in [0.4, 0.5) is 11.8 Å². The standard InChI is InChI=1S/C16H24N6/c17-14-13-15(22-16(18)21-14)20-12-10-8-6-4-2-1-3-5-7-9-11(12)19-13/h1-10H2,(H4,17,18,20,21,22). The molecule has 2 heterocycles.